The van der Waals surface area contributed by atoms with Crippen molar-refractivity contribution in [1.29, 1.82) is 0 Å². The van der Waals surface area contributed by atoms with Crippen molar-refractivity contribution in [2.24, 2.45) is 0 Å². The number of para-hydroxylation sites is 1. The molecule has 0 bridgehead atoms. The van der Waals surface area contributed by atoms with Crippen molar-refractivity contribution in [3.05, 3.63) is 59.9 Å². The molecule has 0 N–H and O–H groups in total. The second-order valence-electron chi connectivity index (χ2n) is 7.25. The molecule has 1 fully saturated rings. The summed E-state index contributed by atoms with van der Waals surface area (Å²) >= 11 is 0. The van der Waals surface area contributed by atoms with Crippen molar-refractivity contribution < 1.29 is 9.18 Å². The lowest BCUT2D eigenvalue weighted by molar-refractivity contribution is 0.0970. The Morgan fingerprint density at radius 3 is 2.37 bits per heavy atom. The fraction of sp³-hybridized carbons (Fsp3) is 0.409. The Morgan fingerprint density at radius 1 is 1.04 bits per heavy atom. The predicted octanol–water partition coefficient (Wildman–Crippen LogP) is 3.68. The molecule has 144 valence electrons. The molecule has 1 aliphatic rings. The highest BCUT2D eigenvalue weighted by Gasteiger charge is 2.18. The van der Waals surface area contributed by atoms with Crippen LogP contribution in [0.2, 0.25) is 0 Å². The van der Waals surface area contributed by atoms with Gasteiger partial charge in [-0.05, 0) is 43.3 Å². The first-order chi connectivity index (χ1) is 13.0. The van der Waals surface area contributed by atoms with Crippen molar-refractivity contribution >= 4 is 17.2 Å². The van der Waals surface area contributed by atoms with E-state index in [1.54, 1.807) is 12.1 Å². The lowest BCUT2D eigenvalue weighted by Gasteiger charge is -2.36. The molecule has 5 heteroatoms. The zero-order valence-electron chi connectivity index (χ0n) is 16.2. The number of nitrogens with zero attached hydrogens (tertiary/aromatic N) is 3. The molecule has 0 radical (unpaired) electrons. The Hall–Kier alpha value is -2.40. The second kappa shape index (κ2) is 9.00. The van der Waals surface area contributed by atoms with E-state index in [0.29, 0.717) is 6.42 Å². The predicted molar refractivity (Wildman–Crippen MR) is 109 cm³/mol. The third kappa shape index (κ3) is 5.07. The van der Waals surface area contributed by atoms with Crippen molar-refractivity contribution in [3.63, 3.8) is 0 Å². The molecular weight excluding hydrogens is 341 g/mol. The van der Waals surface area contributed by atoms with Crippen LogP contribution in [0.3, 0.4) is 0 Å². The fourth-order valence-electron chi connectivity index (χ4n) is 3.47. The largest absolute Gasteiger partial charge is 0.378 e. The van der Waals surface area contributed by atoms with E-state index in [2.05, 4.69) is 34.1 Å². The van der Waals surface area contributed by atoms with Crippen molar-refractivity contribution in [3.8, 4) is 0 Å². The van der Waals surface area contributed by atoms with Crippen LogP contribution in [0.15, 0.2) is 48.5 Å². The number of hydrogen-bond donors (Lipinski definition) is 0. The number of ketones is 1. The Labute approximate surface area is 161 Å². The molecule has 0 aliphatic carbocycles. The zero-order valence-corrected chi connectivity index (χ0v) is 16.2. The molecule has 1 heterocycles. The number of rotatable bonds is 7. The number of benzene rings is 2. The fourth-order valence-corrected chi connectivity index (χ4v) is 3.47. The molecule has 4 nitrogen and oxygen atoms in total. The van der Waals surface area contributed by atoms with Gasteiger partial charge in [-0.3, -0.25) is 9.69 Å². The average molecular weight is 369 g/mol. The van der Waals surface area contributed by atoms with E-state index < -0.39 is 5.82 Å². The third-order valence-electron chi connectivity index (χ3n) is 5.14. The van der Waals surface area contributed by atoms with Crippen LogP contribution in [0.25, 0.3) is 0 Å². The molecule has 3 rings (SSSR count). The minimum atomic E-state index is -0.428. The zero-order chi connectivity index (χ0) is 19.2. The van der Waals surface area contributed by atoms with Gasteiger partial charge in [0.2, 0.25) is 0 Å². The molecule has 0 spiro atoms. The lowest BCUT2D eigenvalue weighted by atomic mass is 10.0. The van der Waals surface area contributed by atoms with Crippen LogP contribution in [0.4, 0.5) is 15.8 Å². The molecule has 0 aromatic heterocycles. The Balaban J connectivity index is 1.43. The molecule has 1 saturated heterocycles. The summed E-state index contributed by atoms with van der Waals surface area (Å²) in [5.41, 5.74) is 2.24. The molecule has 0 atom stereocenters. The molecule has 2 aromatic rings. The van der Waals surface area contributed by atoms with Crippen LogP contribution in [0.1, 0.15) is 23.2 Å². The molecule has 0 saturated carbocycles. The number of carbonyl (C=O) groups is 1. The van der Waals surface area contributed by atoms with E-state index in [1.807, 2.05) is 25.1 Å². The number of halogens is 1. The van der Waals surface area contributed by atoms with Gasteiger partial charge in [0.25, 0.3) is 0 Å². The second-order valence-corrected chi connectivity index (χ2v) is 7.25. The van der Waals surface area contributed by atoms with Gasteiger partial charge < -0.3 is 9.80 Å². The quantitative estimate of drug-likeness (QED) is 0.696. The lowest BCUT2D eigenvalue weighted by Crippen LogP contribution is -2.46. The highest BCUT2D eigenvalue weighted by molar-refractivity contribution is 5.96. The number of piperazine rings is 1. The Morgan fingerprint density at radius 2 is 1.74 bits per heavy atom. The Bertz CT molecular complexity index is 755. The van der Waals surface area contributed by atoms with Crippen molar-refractivity contribution in [2.75, 3.05) is 56.6 Å². The van der Waals surface area contributed by atoms with E-state index in [9.17, 15) is 9.18 Å². The van der Waals surface area contributed by atoms with Crippen LogP contribution in [0, 0.1) is 5.82 Å². The summed E-state index contributed by atoms with van der Waals surface area (Å²) in [7, 11) is 3.71. The number of carbonyl (C=O) groups excluding carboxylic acids is 1. The molecule has 0 amide bonds. The van der Waals surface area contributed by atoms with Crippen LogP contribution < -0.4 is 9.80 Å². The summed E-state index contributed by atoms with van der Waals surface area (Å²) in [6, 6.07) is 15.3. The van der Waals surface area contributed by atoms with Gasteiger partial charge in [0, 0.05) is 58.1 Å². The minimum Gasteiger partial charge on any atom is -0.378 e. The van der Waals surface area contributed by atoms with E-state index in [-0.39, 0.29) is 11.3 Å². The monoisotopic (exact) mass is 369 g/mol. The number of hydrogen-bond acceptors (Lipinski definition) is 4. The Kier molecular flexibility index (Phi) is 6.45. The number of anilines is 2. The highest BCUT2D eigenvalue weighted by atomic mass is 19.1. The van der Waals surface area contributed by atoms with Crippen LogP contribution in [-0.4, -0.2) is 57.5 Å². The molecule has 27 heavy (non-hydrogen) atoms. The summed E-state index contributed by atoms with van der Waals surface area (Å²) < 4.78 is 14.2. The van der Waals surface area contributed by atoms with Gasteiger partial charge in [0.05, 0.1) is 5.56 Å². The van der Waals surface area contributed by atoms with Gasteiger partial charge in [-0.15, -0.1) is 0 Å². The first kappa shape index (κ1) is 19.4. The van der Waals surface area contributed by atoms with E-state index in [0.717, 1.165) is 44.8 Å². The van der Waals surface area contributed by atoms with Crippen molar-refractivity contribution in [1.82, 2.24) is 4.90 Å². The van der Waals surface area contributed by atoms with Gasteiger partial charge in [0.15, 0.2) is 5.78 Å². The summed E-state index contributed by atoms with van der Waals surface area (Å²) in [6.45, 7) is 4.87. The summed E-state index contributed by atoms with van der Waals surface area (Å²) in [4.78, 5) is 19.0. The molecular formula is C22H28FN3O. The minimum absolute atomic E-state index is 0.110. The van der Waals surface area contributed by atoms with E-state index in [4.69, 9.17) is 0 Å². The standard InChI is InChI=1S/C22H28FN3O/c1-24(2)19-10-11-20(21(23)17-19)22(27)9-6-12-25-13-15-26(16-14-25)18-7-4-3-5-8-18/h3-5,7-8,10-11,17H,6,9,12-16H2,1-2H3. The smallest absolute Gasteiger partial charge is 0.165 e. The van der Waals surface area contributed by atoms with Crippen molar-refractivity contribution in [2.45, 2.75) is 12.8 Å². The third-order valence-corrected chi connectivity index (χ3v) is 5.14. The SMILES string of the molecule is CN(C)c1ccc(C(=O)CCCN2CCN(c3ccccc3)CC2)c(F)c1. The molecule has 1 aliphatic heterocycles. The van der Waals surface area contributed by atoms with Crippen LogP contribution in [-0.2, 0) is 0 Å². The highest BCUT2D eigenvalue weighted by Crippen LogP contribution is 2.19. The molecule has 2 aromatic carbocycles. The maximum atomic E-state index is 14.2. The summed E-state index contributed by atoms with van der Waals surface area (Å²) in [5, 5.41) is 0. The normalized spacial score (nSPS) is 15.0. The van der Waals surface area contributed by atoms with Gasteiger partial charge in [-0.1, -0.05) is 18.2 Å². The van der Waals surface area contributed by atoms with Crippen LogP contribution in [0.5, 0.6) is 0 Å². The maximum absolute atomic E-state index is 14.2. The van der Waals surface area contributed by atoms with Gasteiger partial charge >= 0.3 is 0 Å². The van der Waals surface area contributed by atoms with Gasteiger partial charge in [-0.2, -0.15) is 0 Å². The van der Waals surface area contributed by atoms with Crippen LogP contribution >= 0.6 is 0 Å². The summed E-state index contributed by atoms with van der Waals surface area (Å²) in [5.74, 6) is -0.539. The van der Waals surface area contributed by atoms with E-state index in [1.165, 1.54) is 11.8 Å². The van der Waals surface area contributed by atoms with Gasteiger partial charge in [0.1, 0.15) is 5.82 Å². The molecule has 0 unspecified atom stereocenters. The maximum Gasteiger partial charge on any atom is 0.165 e. The first-order valence-electron chi connectivity index (χ1n) is 9.57. The topological polar surface area (TPSA) is 26.8 Å². The van der Waals surface area contributed by atoms with Gasteiger partial charge in [-0.25, -0.2) is 4.39 Å². The number of Topliss-reactive ketones (excluding diaryl/α,β-unsaturated/α-hetero) is 1. The average Bonchev–Trinajstić information content (AvgIpc) is 2.69. The van der Waals surface area contributed by atoms with E-state index >= 15 is 0 Å². The summed E-state index contributed by atoms with van der Waals surface area (Å²) in [6.07, 6.45) is 1.15. The first-order valence-corrected chi connectivity index (χ1v) is 9.57.